The van der Waals surface area contributed by atoms with Crippen molar-refractivity contribution in [1.82, 2.24) is 10.6 Å². The second-order valence-electron chi connectivity index (χ2n) is 13.2. The number of rotatable bonds is 12. The number of methoxy groups -OCH3 is 2. The molecule has 8 heteroatoms. The average molecular weight is 751 g/mol. The van der Waals surface area contributed by atoms with Crippen molar-refractivity contribution < 1.29 is 19.1 Å². The van der Waals surface area contributed by atoms with E-state index in [4.69, 9.17) is 9.47 Å². The second kappa shape index (κ2) is 17.7. The second-order valence-corrected chi connectivity index (χ2v) is 17.6. The van der Waals surface area contributed by atoms with Crippen molar-refractivity contribution >= 4 is 59.5 Å². The van der Waals surface area contributed by atoms with E-state index in [2.05, 4.69) is 59.2 Å². The van der Waals surface area contributed by atoms with Crippen LogP contribution in [0.3, 0.4) is 0 Å². The standard InChI is InChI=1S/C46H44N2O4P2/c1-51-33-27-29-39(43(31-33)53(35-17-7-3-8-18-35)36-19-9-4-10-20-36)45(49)47-41-25-15-16-26-42(41)48-46(50)40-30-28-34(52-2)32-44(40)54(37-21-11-5-12-22-37)38-23-13-6-14-24-38/h3-14,17-24,27-32,41-42H,15-16,25-26H2,1-2H3,(H,47,49)(H,48,50)/t41-,42-/m1/s1. The number of amides is 2. The topological polar surface area (TPSA) is 76.7 Å². The molecule has 272 valence electrons. The molecule has 2 atom stereocenters. The summed E-state index contributed by atoms with van der Waals surface area (Å²) >= 11 is 0. The number of carbonyl (C=O) groups is 2. The van der Waals surface area contributed by atoms with Gasteiger partial charge in [0.15, 0.2) is 0 Å². The van der Waals surface area contributed by atoms with Crippen LogP contribution in [0, 0.1) is 0 Å². The minimum Gasteiger partial charge on any atom is -0.497 e. The quantitative estimate of drug-likeness (QED) is 0.137. The van der Waals surface area contributed by atoms with E-state index in [9.17, 15) is 9.59 Å². The van der Waals surface area contributed by atoms with Crippen LogP contribution in [0.4, 0.5) is 0 Å². The van der Waals surface area contributed by atoms with E-state index in [1.165, 1.54) is 0 Å². The smallest absolute Gasteiger partial charge is 0.252 e. The summed E-state index contributed by atoms with van der Waals surface area (Å²) in [5.74, 6) is 1.09. The summed E-state index contributed by atoms with van der Waals surface area (Å²) in [6, 6.07) is 52.4. The van der Waals surface area contributed by atoms with Crippen molar-refractivity contribution in [2.45, 2.75) is 37.8 Å². The molecule has 54 heavy (non-hydrogen) atoms. The zero-order chi connectivity index (χ0) is 37.3. The van der Waals surface area contributed by atoms with Gasteiger partial charge in [0, 0.05) is 33.8 Å². The highest BCUT2D eigenvalue weighted by molar-refractivity contribution is 7.80. The van der Waals surface area contributed by atoms with E-state index >= 15 is 0 Å². The van der Waals surface area contributed by atoms with Gasteiger partial charge in [0.1, 0.15) is 11.5 Å². The first kappa shape index (κ1) is 37.1. The zero-order valence-corrected chi connectivity index (χ0v) is 32.3. The summed E-state index contributed by atoms with van der Waals surface area (Å²) in [5, 5.41) is 13.2. The van der Waals surface area contributed by atoms with Crippen LogP contribution in [0.2, 0.25) is 0 Å². The van der Waals surface area contributed by atoms with Gasteiger partial charge in [-0.25, -0.2) is 0 Å². The fourth-order valence-corrected chi connectivity index (χ4v) is 12.1. The lowest BCUT2D eigenvalue weighted by Crippen LogP contribution is -2.54. The lowest BCUT2D eigenvalue weighted by molar-refractivity contribution is 0.0864. The molecule has 7 rings (SSSR count). The van der Waals surface area contributed by atoms with Crippen LogP contribution in [0.15, 0.2) is 158 Å². The molecule has 0 spiro atoms. The number of hydrogen-bond acceptors (Lipinski definition) is 4. The van der Waals surface area contributed by atoms with Gasteiger partial charge >= 0.3 is 0 Å². The first-order valence-electron chi connectivity index (χ1n) is 18.3. The van der Waals surface area contributed by atoms with Gasteiger partial charge in [0.05, 0.1) is 14.2 Å². The van der Waals surface area contributed by atoms with E-state index in [1.54, 1.807) is 14.2 Å². The number of ether oxygens (including phenoxy) is 2. The Morgan fingerprint density at radius 3 is 1.09 bits per heavy atom. The number of nitrogens with one attached hydrogen (secondary N) is 2. The molecule has 0 aliphatic heterocycles. The van der Waals surface area contributed by atoms with Gasteiger partial charge in [-0.1, -0.05) is 134 Å². The lowest BCUT2D eigenvalue weighted by atomic mass is 9.89. The SMILES string of the molecule is COc1ccc(C(=O)N[C@@H]2CCCC[C@H]2NC(=O)c2ccc(OC)cc2P(c2ccccc2)c2ccccc2)c(P(c2ccccc2)c2ccccc2)c1. The van der Waals surface area contributed by atoms with Crippen molar-refractivity contribution in [3.8, 4) is 11.5 Å². The van der Waals surface area contributed by atoms with Crippen molar-refractivity contribution in [3.05, 3.63) is 169 Å². The molecule has 6 aromatic rings. The van der Waals surface area contributed by atoms with Crippen LogP contribution in [-0.2, 0) is 0 Å². The third-order valence-electron chi connectivity index (χ3n) is 9.84. The largest absolute Gasteiger partial charge is 0.497 e. The van der Waals surface area contributed by atoms with Crippen LogP contribution in [-0.4, -0.2) is 38.1 Å². The number of hydrogen-bond donors (Lipinski definition) is 2. The Morgan fingerprint density at radius 1 is 0.481 bits per heavy atom. The molecular formula is C46H44N2O4P2. The molecule has 0 saturated heterocycles. The van der Waals surface area contributed by atoms with Gasteiger partial charge in [-0.3, -0.25) is 9.59 Å². The monoisotopic (exact) mass is 750 g/mol. The van der Waals surface area contributed by atoms with Gasteiger partial charge in [0.25, 0.3) is 11.8 Å². The van der Waals surface area contributed by atoms with E-state index in [1.807, 2.05) is 109 Å². The molecule has 6 nitrogen and oxygen atoms in total. The molecule has 6 aromatic carbocycles. The maximum absolute atomic E-state index is 14.5. The maximum Gasteiger partial charge on any atom is 0.252 e. The van der Waals surface area contributed by atoms with Crippen molar-refractivity contribution in [2.75, 3.05) is 14.2 Å². The molecule has 0 aromatic heterocycles. The Labute approximate surface area is 320 Å². The Bertz CT molecular complexity index is 1930. The van der Waals surface area contributed by atoms with Crippen LogP contribution >= 0.6 is 15.8 Å². The highest BCUT2D eigenvalue weighted by Crippen LogP contribution is 2.37. The van der Waals surface area contributed by atoms with E-state index in [0.29, 0.717) is 22.6 Å². The third kappa shape index (κ3) is 8.42. The van der Waals surface area contributed by atoms with Crippen LogP contribution < -0.4 is 51.9 Å². The Kier molecular flexibility index (Phi) is 12.1. The summed E-state index contributed by atoms with van der Waals surface area (Å²) in [7, 11) is 1.16. The summed E-state index contributed by atoms with van der Waals surface area (Å²) in [6.07, 6.45) is 3.47. The molecule has 2 amide bonds. The average Bonchev–Trinajstić information content (AvgIpc) is 3.23. The van der Waals surface area contributed by atoms with E-state index in [-0.39, 0.29) is 23.9 Å². The van der Waals surface area contributed by atoms with Crippen LogP contribution in [0.1, 0.15) is 46.4 Å². The van der Waals surface area contributed by atoms with Gasteiger partial charge in [-0.05, 0) is 86.3 Å². The summed E-state index contributed by atoms with van der Waals surface area (Å²) in [6.45, 7) is 0. The normalized spacial score (nSPS) is 15.4. The van der Waals surface area contributed by atoms with Crippen molar-refractivity contribution in [1.29, 1.82) is 0 Å². The molecule has 1 aliphatic rings. The van der Waals surface area contributed by atoms with Crippen molar-refractivity contribution in [3.63, 3.8) is 0 Å². The fourth-order valence-electron chi connectivity index (χ4n) is 7.16. The highest BCUT2D eigenvalue weighted by Gasteiger charge is 2.32. The van der Waals surface area contributed by atoms with Gasteiger partial charge in [-0.2, -0.15) is 0 Å². The summed E-state index contributed by atoms with van der Waals surface area (Å²) < 4.78 is 11.4. The Hall–Kier alpha value is -5.28. The molecule has 1 aliphatic carbocycles. The predicted octanol–water partition coefficient (Wildman–Crippen LogP) is 6.69. The molecular weight excluding hydrogens is 706 g/mol. The lowest BCUT2D eigenvalue weighted by Gasteiger charge is -2.33. The minimum atomic E-state index is -1.07. The fraction of sp³-hybridized carbons (Fsp3) is 0.174. The Balaban J connectivity index is 1.20. The molecule has 1 fully saturated rings. The molecule has 1 saturated carbocycles. The van der Waals surface area contributed by atoms with Gasteiger partial charge < -0.3 is 20.1 Å². The summed E-state index contributed by atoms with van der Waals surface area (Å²) in [4.78, 5) is 28.9. The zero-order valence-electron chi connectivity index (χ0n) is 30.5. The first-order chi connectivity index (χ1) is 26.5. The molecule has 0 bridgehead atoms. The predicted molar refractivity (Wildman–Crippen MR) is 224 cm³/mol. The molecule has 0 heterocycles. The highest BCUT2D eigenvalue weighted by atomic mass is 31.1. The van der Waals surface area contributed by atoms with E-state index < -0.39 is 15.8 Å². The van der Waals surface area contributed by atoms with Gasteiger partial charge in [-0.15, -0.1) is 0 Å². The number of carbonyl (C=O) groups excluding carboxylic acids is 2. The van der Waals surface area contributed by atoms with E-state index in [0.717, 1.165) is 57.5 Å². The molecule has 0 radical (unpaired) electrons. The summed E-state index contributed by atoms with van der Waals surface area (Å²) in [5.41, 5.74) is 1.22. The first-order valence-corrected chi connectivity index (χ1v) is 21.0. The van der Waals surface area contributed by atoms with Crippen molar-refractivity contribution in [2.24, 2.45) is 0 Å². The van der Waals surface area contributed by atoms with Crippen LogP contribution in [0.5, 0.6) is 11.5 Å². The van der Waals surface area contributed by atoms with Gasteiger partial charge in [0.2, 0.25) is 0 Å². The molecule has 0 unspecified atom stereocenters. The number of benzene rings is 6. The molecule has 2 N–H and O–H groups in total. The maximum atomic E-state index is 14.5. The minimum absolute atomic E-state index is 0.153. The Morgan fingerprint density at radius 2 is 0.796 bits per heavy atom. The third-order valence-corrected chi connectivity index (χ3v) is 14.8. The van der Waals surface area contributed by atoms with Crippen LogP contribution in [0.25, 0.3) is 0 Å².